The number of hydrogen-bond acceptors (Lipinski definition) is 4. The zero-order valence-electron chi connectivity index (χ0n) is 17.8. The molecule has 0 bridgehead atoms. The van der Waals surface area contributed by atoms with Gasteiger partial charge in [-0.3, -0.25) is 9.10 Å². The minimum atomic E-state index is -3.82. The third-order valence-corrected chi connectivity index (χ3v) is 6.75. The summed E-state index contributed by atoms with van der Waals surface area (Å²) in [6.07, 6.45) is 0.172. The number of rotatable bonds is 8. The number of nitrogens with zero attached hydrogens (tertiary/aromatic N) is 1. The molecule has 7 heteroatoms. The van der Waals surface area contributed by atoms with Crippen molar-refractivity contribution in [1.29, 1.82) is 0 Å². The molecule has 0 aromatic heterocycles. The topological polar surface area (TPSA) is 75.7 Å². The Kier molecular flexibility index (Phi) is 6.97. The first kappa shape index (κ1) is 22.4. The third-order valence-electron chi connectivity index (χ3n) is 4.85. The molecule has 162 valence electrons. The molecular weight excluding hydrogens is 412 g/mol. The number of benzene rings is 3. The van der Waals surface area contributed by atoms with E-state index in [1.165, 1.54) is 23.5 Å². The Labute approximate surface area is 183 Å². The molecule has 0 aliphatic rings. The van der Waals surface area contributed by atoms with E-state index in [-0.39, 0.29) is 23.8 Å². The van der Waals surface area contributed by atoms with Crippen LogP contribution in [0.4, 0.5) is 11.4 Å². The molecule has 0 unspecified atom stereocenters. The molecule has 0 fully saturated rings. The van der Waals surface area contributed by atoms with Gasteiger partial charge in [-0.15, -0.1) is 0 Å². The van der Waals surface area contributed by atoms with Crippen LogP contribution in [0.3, 0.4) is 0 Å². The molecule has 6 nitrogen and oxygen atoms in total. The number of hydrogen-bond donors (Lipinski definition) is 1. The van der Waals surface area contributed by atoms with Gasteiger partial charge in [0, 0.05) is 6.54 Å². The summed E-state index contributed by atoms with van der Waals surface area (Å²) in [6, 6.07) is 21.0. The second kappa shape index (κ2) is 9.66. The van der Waals surface area contributed by atoms with Crippen LogP contribution in [-0.4, -0.2) is 28.0 Å². The molecule has 1 amide bonds. The Balaban J connectivity index is 1.88. The van der Waals surface area contributed by atoms with Gasteiger partial charge in [0.25, 0.3) is 10.0 Å². The number of carbonyl (C=O) groups is 1. The maximum Gasteiger partial charge on any atom is 0.264 e. The fourth-order valence-corrected chi connectivity index (χ4v) is 4.74. The van der Waals surface area contributed by atoms with Crippen LogP contribution in [0.5, 0.6) is 5.75 Å². The number of anilines is 2. The summed E-state index contributed by atoms with van der Waals surface area (Å²) >= 11 is 0. The second-order valence-corrected chi connectivity index (χ2v) is 8.94. The molecule has 0 saturated carbocycles. The van der Waals surface area contributed by atoms with E-state index in [1.807, 2.05) is 37.3 Å². The highest BCUT2D eigenvalue weighted by molar-refractivity contribution is 7.92. The Morgan fingerprint density at radius 3 is 2.29 bits per heavy atom. The number of sulfonamides is 1. The van der Waals surface area contributed by atoms with Crippen LogP contribution >= 0.6 is 0 Å². The molecule has 3 rings (SSSR count). The molecule has 0 spiro atoms. The van der Waals surface area contributed by atoms with Gasteiger partial charge in [-0.1, -0.05) is 48.0 Å². The largest absolute Gasteiger partial charge is 0.495 e. The van der Waals surface area contributed by atoms with E-state index in [0.717, 1.165) is 11.1 Å². The zero-order valence-corrected chi connectivity index (χ0v) is 18.6. The molecule has 0 aliphatic heterocycles. The molecule has 0 saturated heterocycles. The lowest BCUT2D eigenvalue weighted by atomic mass is 10.1. The van der Waals surface area contributed by atoms with Gasteiger partial charge in [0.2, 0.25) is 5.91 Å². The summed E-state index contributed by atoms with van der Waals surface area (Å²) in [6.45, 7) is 4.03. The average Bonchev–Trinajstić information content (AvgIpc) is 2.76. The fraction of sp³-hybridized carbons (Fsp3) is 0.208. The van der Waals surface area contributed by atoms with Crippen LogP contribution in [0.15, 0.2) is 77.7 Å². The van der Waals surface area contributed by atoms with Crippen LogP contribution in [-0.2, 0) is 21.2 Å². The number of nitrogens with one attached hydrogen (secondary N) is 1. The minimum Gasteiger partial charge on any atom is -0.495 e. The molecule has 1 N–H and O–H groups in total. The van der Waals surface area contributed by atoms with Crippen molar-refractivity contribution >= 4 is 27.3 Å². The van der Waals surface area contributed by atoms with Crippen molar-refractivity contribution in [3.8, 4) is 5.75 Å². The number of para-hydroxylation sites is 1. The fourth-order valence-electron chi connectivity index (χ4n) is 3.24. The smallest absolute Gasteiger partial charge is 0.264 e. The highest BCUT2D eigenvalue weighted by Crippen LogP contribution is 2.31. The second-order valence-electron chi connectivity index (χ2n) is 7.08. The van der Waals surface area contributed by atoms with E-state index in [2.05, 4.69) is 5.32 Å². The van der Waals surface area contributed by atoms with Gasteiger partial charge in [0.05, 0.1) is 29.8 Å². The van der Waals surface area contributed by atoms with Crippen molar-refractivity contribution < 1.29 is 17.9 Å². The van der Waals surface area contributed by atoms with Crippen molar-refractivity contribution in [2.75, 3.05) is 23.3 Å². The van der Waals surface area contributed by atoms with Crippen LogP contribution < -0.4 is 14.4 Å². The molecule has 31 heavy (non-hydrogen) atoms. The molecular formula is C24H26N2O4S. The SMILES string of the molecule is CCN(c1ccccc1)S(=O)(=O)c1ccc(OC)c(NC(=O)Cc2ccc(C)cc2)c1. The van der Waals surface area contributed by atoms with Gasteiger partial charge in [-0.2, -0.15) is 0 Å². The molecule has 0 aliphatic carbocycles. The lowest BCUT2D eigenvalue weighted by Crippen LogP contribution is -2.30. The highest BCUT2D eigenvalue weighted by atomic mass is 32.2. The van der Waals surface area contributed by atoms with Crippen LogP contribution in [0, 0.1) is 6.92 Å². The first-order valence-corrected chi connectivity index (χ1v) is 11.4. The molecule has 0 atom stereocenters. The minimum absolute atomic E-state index is 0.0737. The van der Waals surface area contributed by atoms with Gasteiger partial charge in [-0.25, -0.2) is 8.42 Å². The Bertz CT molecular complexity index is 1140. The number of amides is 1. The van der Waals surface area contributed by atoms with E-state index in [1.54, 1.807) is 37.3 Å². The van der Waals surface area contributed by atoms with Crippen molar-refractivity contribution in [2.24, 2.45) is 0 Å². The summed E-state index contributed by atoms with van der Waals surface area (Å²) in [4.78, 5) is 12.7. The summed E-state index contributed by atoms with van der Waals surface area (Å²) in [7, 11) is -2.35. The number of aryl methyl sites for hydroxylation is 1. The van der Waals surface area contributed by atoms with E-state index in [9.17, 15) is 13.2 Å². The molecule has 3 aromatic carbocycles. The summed E-state index contributed by atoms with van der Waals surface area (Å²) in [5.41, 5.74) is 2.87. The predicted octanol–water partition coefficient (Wildman–Crippen LogP) is 4.40. The van der Waals surface area contributed by atoms with E-state index in [4.69, 9.17) is 4.74 Å². The quantitative estimate of drug-likeness (QED) is 0.566. The van der Waals surface area contributed by atoms with Gasteiger partial charge in [0.1, 0.15) is 5.75 Å². The van der Waals surface area contributed by atoms with Crippen molar-refractivity contribution in [3.05, 3.63) is 83.9 Å². The highest BCUT2D eigenvalue weighted by Gasteiger charge is 2.25. The zero-order chi connectivity index (χ0) is 22.4. The lowest BCUT2D eigenvalue weighted by Gasteiger charge is -2.23. The average molecular weight is 439 g/mol. The molecule has 3 aromatic rings. The van der Waals surface area contributed by atoms with Gasteiger partial charge in [-0.05, 0) is 49.7 Å². The number of methoxy groups -OCH3 is 1. The summed E-state index contributed by atoms with van der Waals surface area (Å²) in [5, 5.41) is 2.79. The Morgan fingerprint density at radius 1 is 1.00 bits per heavy atom. The number of ether oxygens (including phenoxy) is 1. The Hall–Kier alpha value is -3.32. The Morgan fingerprint density at radius 2 is 1.68 bits per heavy atom. The summed E-state index contributed by atoms with van der Waals surface area (Å²) < 4.78 is 33.2. The predicted molar refractivity (Wildman–Crippen MR) is 123 cm³/mol. The first-order valence-electron chi connectivity index (χ1n) is 9.96. The van der Waals surface area contributed by atoms with Crippen LogP contribution in [0.2, 0.25) is 0 Å². The van der Waals surface area contributed by atoms with Crippen molar-refractivity contribution in [3.63, 3.8) is 0 Å². The van der Waals surface area contributed by atoms with Crippen LogP contribution in [0.25, 0.3) is 0 Å². The van der Waals surface area contributed by atoms with Crippen LogP contribution in [0.1, 0.15) is 18.1 Å². The lowest BCUT2D eigenvalue weighted by molar-refractivity contribution is -0.115. The van der Waals surface area contributed by atoms with E-state index in [0.29, 0.717) is 17.1 Å². The third kappa shape index (κ3) is 5.24. The molecule has 0 heterocycles. The maximum absolute atomic E-state index is 13.3. The molecule has 0 radical (unpaired) electrons. The number of carbonyl (C=O) groups excluding carboxylic acids is 1. The van der Waals surface area contributed by atoms with Gasteiger partial charge >= 0.3 is 0 Å². The van der Waals surface area contributed by atoms with Crippen molar-refractivity contribution in [1.82, 2.24) is 0 Å². The normalized spacial score (nSPS) is 11.1. The van der Waals surface area contributed by atoms with Crippen molar-refractivity contribution in [2.45, 2.75) is 25.2 Å². The summed E-state index contributed by atoms with van der Waals surface area (Å²) in [5.74, 6) is 0.131. The van der Waals surface area contributed by atoms with Gasteiger partial charge < -0.3 is 10.1 Å². The first-order chi connectivity index (χ1) is 14.8. The van der Waals surface area contributed by atoms with E-state index >= 15 is 0 Å². The maximum atomic E-state index is 13.3. The monoisotopic (exact) mass is 438 g/mol. The van der Waals surface area contributed by atoms with E-state index < -0.39 is 10.0 Å². The van der Waals surface area contributed by atoms with Gasteiger partial charge in [0.15, 0.2) is 0 Å². The standard InChI is InChI=1S/C24H26N2O4S/c1-4-26(20-8-6-5-7-9-20)31(28,29)21-14-15-23(30-3)22(17-21)25-24(27)16-19-12-10-18(2)11-13-19/h5-15,17H,4,16H2,1-3H3,(H,25,27).